The van der Waals surface area contributed by atoms with Crippen LogP contribution in [0.3, 0.4) is 0 Å². The summed E-state index contributed by atoms with van der Waals surface area (Å²) in [4.78, 5) is 11.2. The topological polar surface area (TPSA) is 29.1 Å². The molecule has 2 aliphatic rings. The summed E-state index contributed by atoms with van der Waals surface area (Å²) in [7, 11) is 0. The molecule has 1 amide bonds. The van der Waals surface area contributed by atoms with E-state index in [1.807, 2.05) is 0 Å². The Morgan fingerprint density at radius 2 is 1.79 bits per heavy atom. The maximum atomic E-state index is 11.2. The van der Waals surface area contributed by atoms with Gasteiger partial charge in [0.25, 0.3) is 0 Å². The highest BCUT2D eigenvalue weighted by Gasteiger charge is 2.42. The fourth-order valence-corrected chi connectivity index (χ4v) is 2.73. The van der Waals surface area contributed by atoms with Crippen molar-refractivity contribution in [1.29, 1.82) is 0 Å². The van der Waals surface area contributed by atoms with Crippen LogP contribution < -0.4 is 5.32 Å². The van der Waals surface area contributed by atoms with Crippen LogP contribution in [0.5, 0.6) is 0 Å². The Morgan fingerprint density at radius 3 is 2.29 bits per heavy atom. The molecule has 1 spiro atoms. The quantitative estimate of drug-likeness (QED) is 0.654. The molecule has 1 aromatic carbocycles. The monoisotopic (exact) mass is 187 g/mol. The van der Waals surface area contributed by atoms with Gasteiger partial charge in [-0.25, -0.2) is 0 Å². The molecule has 14 heavy (non-hydrogen) atoms. The van der Waals surface area contributed by atoms with Crippen molar-refractivity contribution in [2.75, 3.05) is 0 Å². The molecule has 1 aliphatic carbocycles. The lowest BCUT2D eigenvalue weighted by Gasteiger charge is -2.22. The smallest absolute Gasteiger partial charge is 0.220 e. The van der Waals surface area contributed by atoms with Crippen LogP contribution in [0.4, 0.5) is 0 Å². The number of carbonyl (C=O) groups excluding carboxylic acids is 1. The summed E-state index contributed by atoms with van der Waals surface area (Å²) < 4.78 is 0. The Balaban J connectivity index is 1.94. The van der Waals surface area contributed by atoms with Gasteiger partial charge in [-0.15, -0.1) is 0 Å². The van der Waals surface area contributed by atoms with E-state index in [4.69, 9.17) is 0 Å². The zero-order valence-electron chi connectivity index (χ0n) is 8.05. The highest BCUT2D eigenvalue weighted by Crippen LogP contribution is 2.35. The van der Waals surface area contributed by atoms with E-state index in [0.29, 0.717) is 6.42 Å². The van der Waals surface area contributed by atoms with Crippen molar-refractivity contribution >= 4 is 5.91 Å². The SMILES string of the molecule is O=C1CCC2(Cc3ccccc3C2)N1. The van der Waals surface area contributed by atoms with Gasteiger partial charge in [0.15, 0.2) is 0 Å². The first kappa shape index (κ1) is 8.04. The maximum absolute atomic E-state index is 11.2. The molecule has 2 heteroatoms. The number of hydrogen-bond donors (Lipinski definition) is 1. The molecule has 1 aliphatic heterocycles. The largest absolute Gasteiger partial charge is 0.350 e. The fraction of sp³-hybridized carbons (Fsp3) is 0.417. The second kappa shape index (κ2) is 2.59. The maximum Gasteiger partial charge on any atom is 0.220 e. The van der Waals surface area contributed by atoms with Crippen molar-refractivity contribution in [2.24, 2.45) is 0 Å². The van der Waals surface area contributed by atoms with E-state index in [2.05, 4.69) is 29.6 Å². The van der Waals surface area contributed by atoms with Gasteiger partial charge < -0.3 is 5.32 Å². The molecular formula is C12H13NO. The summed E-state index contributed by atoms with van der Waals surface area (Å²) in [5.41, 5.74) is 2.89. The van der Waals surface area contributed by atoms with Gasteiger partial charge in [0.05, 0.1) is 0 Å². The third-order valence-corrected chi connectivity index (χ3v) is 3.41. The van der Waals surface area contributed by atoms with Crippen LogP contribution in [0.15, 0.2) is 24.3 Å². The first-order chi connectivity index (χ1) is 6.77. The van der Waals surface area contributed by atoms with Crippen molar-refractivity contribution in [3.8, 4) is 0 Å². The second-order valence-electron chi connectivity index (χ2n) is 4.45. The fourth-order valence-electron chi connectivity index (χ4n) is 2.73. The standard InChI is InChI=1S/C12H13NO/c14-11-5-6-12(13-11)7-9-3-1-2-4-10(9)8-12/h1-4H,5-8H2,(H,13,14). The minimum Gasteiger partial charge on any atom is -0.350 e. The molecule has 1 aromatic rings. The van der Waals surface area contributed by atoms with Crippen molar-refractivity contribution in [1.82, 2.24) is 5.32 Å². The first-order valence-corrected chi connectivity index (χ1v) is 5.15. The highest BCUT2D eigenvalue weighted by atomic mass is 16.2. The predicted molar refractivity (Wildman–Crippen MR) is 54.0 cm³/mol. The van der Waals surface area contributed by atoms with Crippen LogP contribution in [0, 0.1) is 0 Å². The number of benzene rings is 1. The molecule has 0 saturated carbocycles. The number of fused-ring (bicyclic) bond motifs is 1. The summed E-state index contributed by atoms with van der Waals surface area (Å²) in [6, 6.07) is 8.51. The lowest BCUT2D eigenvalue weighted by atomic mass is 9.94. The van der Waals surface area contributed by atoms with Crippen molar-refractivity contribution in [3.05, 3.63) is 35.4 Å². The Hall–Kier alpha value is -1.31. The molecule has 0 bridgehead atoms. The summed E-state index contributed by atoms with van der Waals surface area (Å²) >= 11 is 0. The molecule has 1 saturated heterocycles. The number of carbonyl (C=O) groups is 1. The van der Waals surface area contributed by atoms with E-state index in [9.17, 15) is 4.79 Å². The second-order valence-corrected chi connectivity index (χ2v) is 4.45. The number of rotatable bonds is 0. The molecule has 1 heterocycles. The van der Waals surface area contributed by atoms with E-state index >= 15 is 0 Å². The molecule has 0 unspecified atom stereocenters. The highest BCUT2D eigenvalue weighted by molar-refractivity contribution is 5.80. The van der Waals surface area contributed by atoms with Crippen LogP contribution in [0.2, 0.25) is 0 Å². The first-order valence-electron chi connectivity index (χ1n) is 5.15. The average Bonchev–Trinajstić information content (AvgIpc) is 2.69. The summed E-state index contributed by atoms with van der Waals surface area (Å²) in [5, 5.41) is 3.14. The molecular weight excluding hydrogens is 174 g/mol. The van der Waals surface area contributed by atoms with E-state index in [-0.39, 0.29) is 11.4 Å². The Labute approximate surface area is 83.3 Å². The third-order valence-electron chi connectivity index (χ3n) is 3.41. The molecule has 0 aromatic heterocycles. The Kier molecular flexibility index (Phi) is 1.49. The summed E-state index contributed by atoms with van der Waals surface area (Å²) in [6.45, 7) is 0. The third kappa shape index (κ3) is 1.07. The lowest BCUT2D eigenvalue weighted by Crippen LogP contribution is -2.42. The lowest BCUT2D eigenvalue weighted by molar-refractivity contribution is -0.119. The van der Waals surface area contributed by atoms with Crippen molar-refractivity contribution in [3.63, 3.8) is 0 Å². The van der Waals surface area contributed by atoms with Crippen LogP contribution >= 0.6 is 0 Å². The van der Waals surface area contributed by atoms with Gasteiger partial charge in [-0.05, 0) is 30.4 Å². The van der Waals surface area contributed by atoms with Crippen LogP contribution in [-0.2, 0) is 17.6 Å². The average molecular weight is 187 g/mol. The van der Waals surface area contributed by atoms with Gasteiger partial charge in [0.1, 0.15) is 0 Å². The zero-order valence-corrected chi connectivity index (χ0v) is 8.05. The number of amides is 1. The van der Waals surface area contributed by atoms with Gasteiger partial charge in [0.2, 0.25) is 5.91 Å². The van der Waals surface area contributed by atoms with Gasteiger partial charge in [-0.1, -0.05) is 24.3 Å². The Morgan fingerprint density at radius 1 is 1.14 bits per heavy atom. The van der Waals surface area contributed by atoms with Gasteiger partial charge in [0, 0.05) is 12.0 Å². The van der Waals surface area contributed by atoms with Crippen molar-refractivity contribution in [2.45, 2.75) is 31.2 Å². The molecule has 0 radical (unpaired) electrons. The van der Waals surface area contributed by atoms with Crippen LogP contribution in [-0.4, -0.2) is 11.4 Å². The van der Waals surface area contributed by atoms with E-state index in [0.717, 1.165) is 19.3 Å². The Bertz CT molecular complexity index is 372. The molecule has 0 atom stereocenters. The minimum absolute atomic E-state index is 0.0702. The van der Waals surface area contributed by atoms with Crippen LogP contribution in [0.1, 0.15) is 24.0 Å². The van der Waals surface area contributed by atoms with Gasteiger partial charge in [-0.2, -0.15) is 0 Å². The molecule has 2 nitrogen and oxygen atoms in total. The zero-order chi connectivity index (χ0) is 9.60. The predicted octanol–water partition coefficient (Wildman–Crippen LogP) is 1.43. The van der Waals surface area contributed by atoms with Crippen LogP contribution in [0.25, 0.3) is 0 Å². The van der Waals surface area contributed by atoms with Gasteiger partial charge in [-0.3, -0.25) is 4.79 Å². The van der Waals surface area contributed by atoms with Crippen molar-refractivity contribution < 1.29 is 4.79 Å². The number of hydrogen-bond acceptors (Lipinski definition) is 1. The number of nitrogens with one attached hydrogen (secondary N) is 1. The van der Waals surface area contributed by atoms with E-state index < -0.39 is 0 Å². The summed E-state index contributed by atoms with van der Waals surface area (Å²) in [6.07, 6.45) is 3.75. The molecule has 1 N–H and O–H groups in total. The van der Waals surface area contributed by atoms with E-state index in [1.54, 1.807) is 0 Å². The molecule has 1 fully saturated rings. The summed E-state index contributed by atoms with van der Waals surface area (Å²) in [5.74, 6) is 0.220. The minimum atomic E-state index is 0.0702. The van der Waals surface area contributed by atoms with Gasteiger partial charge >= 0.3 is 0 Å². The van der Waals surface area contributed by atoms with E-state index in [1.165, 1.54) is 11.1 Å². The molecule has 3 rings (SSSR count). The molecule has 72 valence electrons. The normalized spacial score (nSPS) is 22.4.